The molecular weight excluding hydrogens is 224 g/mol. The smallest absolute Gasteiger partial charge is 0.344 e. The number of carboxylic acids is 1. The summed E-state index contributed by atoms with van der Waals surface area (Å²) in [6.07, 6.45) is 0.313. The number of aromatic carboxylic acids is 1. The van der Waals surface area contributed by atoms with Crippen molar-refractivity contribution in [1.29, 1.82) is 0 Å². The first kappa shape index (κ1) is 11.2. The fourth-order valence-electron chi connectivity index (χ4n) is 1.77. The fraction of sp³-hybridized carbons (Fsp3) is 0.167. The molecule has 17 heavy (non-hydrogen) atoms. The second-order valence-corrected chi connectivity index (χ2v) is 3.58. The molecule has 0 radical (unpaired) electrons. The van der Waals surface area contributed by atoms with Crippen molar-refractivity contribution >= 4 is 16.7 Å². The molecule has 0 saturated carbocycles. The van der Waals surface area contributed by atoms with E-state index in [2.05, 4.69) is 0 Å². The highest BCUT2D eigenvalue weighted by atomic mass is 16.4. The number of hydrogen-bond acceptors (Lipinski definition) is 4. The van der Waals surface area contributed by atoms with Gasteiger partial charge >= 0.3 is 11.6 Å². The lowest BCUT2D eigenvalue weighted by atomic mass is 10.0. The second-order valence-electron chi connectivity index (χ2n) is 3.58. The first-order chi connectivity index (χ1) is 8.04. The number of carbonyl (C=O) groups is 1. The molecular formula is C12H10O5. The van der Waals surface area contributed by atoms with E-state index < -0.39 is 11.6 Å². The van der Waals surface area contributed by atoms with Crippen molar-refractivity contribution in [3.05, 3.63) is 39.9 Å². The fourth-order valence-corrected chi connectivity index (χ4v) is 1.77. The van der Waals surface area contributed by atoms with Gasteiger partial charge < -0.3 is 14.6 Å². The van der Waals surface area contributed by atoms with Gasteiger partial charge in [-0.3, -0.25) is 0 Å². The molecule has 0 aliphatic heterocycles. The van der Waals surface area contributed by atoms with Gasteiger partial charge in [0.05, 0.1) is 5.39 Å². The Balaban J connectivity index is 2.98. The Labute approximate surface area is 95.9 Å². The van der Waals surface area contributed by atoms with Crippen LogP contribution >= 0.6 is 0 Å². The molecule has 2 N–H and O–H groups in total. The van der Waals surface area contributed by atoms with Crippen molar-refractivity contribution in [3.8, 4) is 5.75 Å². The molecule has 0 bridgehead atoms. The zero-order chi connectivity index (χ0) is 12.6. The first-order valence-corrected chi connectivity index (χ1v) is 5.06. The van der Waals surface area contributed by atoms with Gasteiger partial charge in [-0.1, -0.05) is 6.92 Å². The average Bonchev–Trinajstić information content (AvgIpc) is 2.28. The topological polar surface area (TPSA) is 87.7 Å². The number of rotatable bonds is 2. The predicted molar refractivity (Wildman–Crippen MR) is 60.5 cm³/mol. The summed E-state index contributed by atoms with van der Waals surface area (Å²) in [5.41, 5.74) is -0.667. The first-order valence-electron chi connectivity index (χ1n) is 5.06. The summed E-state index contributed by atoms with van der Waals surface area (Å²) in [7, 11) is 0. The van der Waals surface area contributed by atoms with Crippen LogP contribution in [0.1, 0.15) is 23.0 Å². The molecule has 1 heterocycles. The summed E-state index contributed by atoms with van der Waals surface area (Å²) in [6, 6.07) is 3.95. The summed E-state index contributed by atoms with van der Waals surface area (Å²) in [6.45, 7) is 1.71. The SMILES string of the molecule is CCc1oc(=O)c2cc(O)ccc2c1C(=O)O. The minimum atomic E-state index is -1.15. The molecule has 0 fully saturated rings. The van der Waals surface area contributed by atoms with E-state index in [0.717, 1.165) is 0 Å². The zero-order valence-electron chi connectivity index (χ0n) is 9.06. The quantitative estimate of drug-likeness (QED) is 0.826. The third-order valence-electron chi connectivity index (χ3n) is 2.52. The minimum absolute atomic E-state index is 0.0258. The van der Waals surface area contributed by atoms with Crippen LogP contribution < -0.4 is 5.63 Å². The van der Waals surface area contributed by atoms with Crippen LogP contribution in [0.3, 0.4) is 0 Å². The number of aromatic hydroxyl groups is 1. The van der Waals surface area contributed by atoms with Crippen molar-refractivity contribution in [2.24, 2.45) is 0 Å². The predicted octanol–water partition coefficient (Wildman–Crippen LogP) is 1.76. The molecule has 5 heteroatoms. The lowest BCUT2D eigenvalue weighted by molar-refractivity contribution is 0.0694. The molecule has 0 atom stereocenters. The number of phenolic OH excluding ortho intramolecular Hbond substituents is 1. The second kappa shape index (κ2) is 3.93. The number of hydrogen-bond donors (Lipinski definition) is 2. The number of aryl methyl sites for hydroxylation is 1. The summed E-state index contributed by atoms with van der Waals surface area (Å²) in [5.74, 6) is -1.12. The van der Waals surface area contributed by atoms with E-state index in [1.165, 1.54) is 18.2 Å². The summed E-state index contributed by atoms with van der Waals surface area (Å²) < 4.78 is 4.94. The van der Waals surface area contributed by atoms with E-state index in [-0.39, 0.29) is 27.8 Å². The summed E-state index contributed by atoms with van der Waals surface area (Å²) >= 11 is 0. The molecule has 0 unspecified atom stereocenters. The van der Waals surface area contributed by atoms with Crippen LogP contribution in [0.5, 0.6) is 5.75 Å². The Hall–Kier alpha value is -2.30. The Bertz CT molecular complexity index is 654. The maximum atomic E-state index is 11.6. The van der Waals surface area contributed by atoms with E-state index in [9.17, 15) is 14.7 Å². The highest BCUT2D eigenvalue weighted by Crippen LogP contribution is 2.23. The molecule has 88 valence electrons. The lowest BCUT2D eigenvalue weighted by Gasteiger charge is -2.06. The number of phenols is 1. The maximum absolute atomic E-state index is 11.6. The van der Waals surface area contributed by atoms with Gasteiger partial charge in [-0.15, -0.1) is 0 Å². The molecule has 0 aliphatic carbocycles. The van der Waals surface area contributed by atoms with Gasteiger partial charge in [0.25, 0.3) is 0 Å². The van der Waals surface area contributed by atoms with Crippen molar-refractivity contribution in [2.45, 2.75) is 13.3 Å². The van der Waals surface area contributed by atoms with Crippen LogP contribution in [0.2, 0.25) is 0 Å². The molecule has 2 rings (SSSR count). The van der Waals surface area contributed by atoms with Crippen molar-refractivity contribution < 1.29 is 19.4 Å². The van der Waals surface area contributed by atoms with Crippen LogP contribution in [0.25, 0.3) is 10.8 Å². The van der Waals surface area contributed by atoms with Gasteiger partial charge in [0.1, 0.15) is 17.1 Å². The highest BCUT2D eigenvalue weighted by molar-refractivity contribution is 6.04. The number of benzene rings is 1. The van der Waals surface area contributed by atoms with Gasteiger partial charge in [-0.05, 0) is 18.2 Å². The third-order valence-corrected chi connectivity index (χ3v) is 2.52. The van der Waals surface area contributed by atoms with Gasteiger partial charge in [-0.2, -0.15) is 0 Å². The average molecular weight is 234 g/mol. The molecule has 0 aliphatic rings. The van der Waals surface area contributed by atoms with Gasteiger partial charge in [0.2, 0.25) is 0 Å². The van der Waals surface area contributed by atoms with Gasteiger partial charge in [-0.25, -0.2) is 9.59 Å². The van der Waals surface area contributed by atoms with Crippen LogP contribution in [0.15, 0.2) is 27.4 Å². The highest BCUT2D eigenvalue weighted by Gasteiger charge is 2.18. The zero-order valence-corrected chi connectivity index (χ0v) is 9.06. The van der Waals surface area contributed by atoms with Crippen LogP contribution in [-0.4, -0.2) is 16.2 Å². The van der Waals surface area contributed by atoms with Crippen LogP contribution in [0.4, 0.5) is 0 Å². The summed E-state index contributed by atoms with van der Waals surface area (Å²) in [4.78, 5) is 22.8. The summed E-state index contributed by atoms with van der Waals surface area (Å²) in [5, 5.41) is 18.8. The van der Waals surface area contributed by atoms with Crippen LogP contribution in [-0.2, 0) is 6.42 Å². The number of fused-ring (bicyclic) bond motifs is 1. The largest absolute Gasteiger partial charge is 0.508 e. The standard InChI is InChI=1S/C12H10O5/c1-2-9-10(11(14)15)7-4-3-6(13)5-8(7)12(16)17-9/h3-5,13H,2H2,1H3,(H,14,15). The van der Waals surface area contributed by atoms with E-state index in [1.807, 2.05) is 0 Å². The molecule has 0 spiro atoms. The van der Waals surface area contributed by atoms with E-state index in [1.54, 1.807) is 6.92 Å². The Morgan fingerprint density at radius 1 is 1.35 bits per heavy atom. The molecule has 2 aromatic rings. The van der Waals surface area contributed by atoms with E-state index >= 15 is 0 Å². The molecule has 1 aromatic heterocycles. The minimum Gasteiger partial charge on any atom is -0.508 e. The third kappa shape index (κ3) is 1.75. The molecule has 0 saturated heterocycles. The monoisotopic (exact) mass is 234 g/mol. The molecule has 0 amide bonds. The number of carboxylic acid groups (broad SMARTS) is 1. The maximum Gasteiger partial charge on any atom is 0.344 e. The Morgan fingerprint density at radius 3 is 2.65 bits per heavy atom. The normalized spacial score (nSPS) is 10.6. The van der Waals surface area contributed by atoms with Crippen molar-refractivity contribution in [1.82, 2.24) is 0 Å². The van der Waals surface area contributed by atoms with Crippen molar-refractivity contribution in [2.75, 3.05) is 0 Å². The van der Waals surface area contributed by atoms with Crippen molar-refractivity contribution in [3.63, 3.8) is 0 Å². The Morgan fingerprint density at radius 2 is 2.06 bits per heavy atom. The van der Waals surface area contributed by atoms with Gasteiger partial charge in [0.15, 0.2) is 0 Å². The lowest BCUT2D eigenvalue weighted by Crippen LogP contribution is -2.10. The van der Waals surface area contributed by atoms with E-state index in [4.69, 9.17) is 9.52 Å². The van der Waals surface area contributed by atoms with E-state index in [0.29, 0.717) is 6.42 Å². The molecule has 5 nitrogen and oxygen atoms in total. The van der Waals surface area contributed by atoms with Gasteiger partial charge in [0, 0.05) is 11.8 Å². The van der Waals surface area contributed by atoms with Crippen LogP contribution in [0, 0.1) is 0 Å². The molecule has 1 aromatic carbocycles. The Kier molecular flexibility index (Phi) is 2.59.